The largest absolute Gasteiger partial charge is 0.352 e. The van der Waals surface area contributed by atoms with E-state index in [1.807, 2.05) is 0 Å². The number of nitrogens with one attached hydrogen (secondary N) is 1. The van der Waals surface area contributed by atoms with Gasteiger partial charge in [-0.15, -0.1) is 0 Å². The molecule has 0 saturated carbocycles. The Balaban J connectivity index is 3.01. The van der Waals surface area contributed by atoms with Crippen molar-refractivity contribution in [3.63, 3.8) is 0 Å². The molecule has 0 aromatic heterocycles. The first-order valence-corrected chi connectivity index (χ1v) is 3.16. The standard InChI is InChI=1S/C6H14N2O/c1-5(2)3-4-8-6(7)9/h5H,3-4H2,1-2H3,(H3,7,8,9). The molecular formula is C6H14N2O. The van der Waals surface area contributed by atoms with Gasteiger partial charge in [-0.3, -0.25) is 0 Å². The first-order chi connectivity index (χ1) is 4.13. The summed E-state index contributed by atoms with van der Waals surface area (Å²) in [5.74, 6) is 0.622. The lowest BCUT2D eigenvalue weighted by atomic mass is 10.1. The van der Waals surface area contributed by atoms with Crippen LogP contribution in [-0.2, 0) is 0 Å². The van der Waals surface area contributed by atoms with Gasteiger partial charge in [0, 0.05) is 6.54 Å². The van der Waals surface area contributed by atoms with Crippen LogP contribution in [0.5, 0.6) is 0 Å². The van der Waals surface area contributed by atoms with E-state index in [1.54, 1.807) is 0 Å². The van der Waals surface area contributed by atoms with Gasteiger partial charge in [0.15, 0.2) is 0 Å². The van der Waals surface area contributed by atoms with Gasteiger partial charge in [0.2, 0.25) is 0 Å². The molecule has 0 saturated heterocycles. The van der Waals surface area contributed by atoms with Crippen molar-refractivity contribution >= 4 is 6.03 Å². The van der Waals surface area contributed by atoms with Crippen LogP contribution in [-0.4, -0.2) is 12.6 Å². The van der Waals surface area contributed by atoms with Crippen LogP contribution >= 0.6 is 0 Å². The van der Waals surface area contributed by atoms with E-state index < -0.39 is 6.03 Å². The van der Waals surface area contributed by atoms with Crippen LogP contribution in [0.25, 0.3) is 0 Å². The van der Waals surface area contributed by atoms with Crippen LogP contribution in [0, 0.1) is 5.92 Å². The van der Waals surface area contributed by atoms with E-state index in [1.165, 1.54) is 0 Å². The van der Waals surface area contributed by atoms with Crippen LogP contribution in [0.2, 0.25) is 0 Å². The van der Waals surface area contributed by atoms with E-state index in [0.717, 1.165) is 6.42 Å². The fourth-order valence-corrected chi connectivity index (χ4v) is 0.484. The average molecular weight is 130 g/mol. The van der Waals surface area contributed by atoms with Crippen molar-refractivity contribution in [3.8, 4) is 0 Å². The van der Waals surface area contributed by atoms with Gasteiger partial charge in [0.1, 0.15) is 0 Å². The van der Waals surface area contributed by atoms with Gasteiger partial charge in [-0.1, -0.05) is 13.8 Å². The Bertz CT molecular complexity index is 91.1. The summed E-state index contributed by atoms with van der Waals surface area (Å²) in [4.78, 5) is 10.1. The Morgan fingerprint density at radius 2 is 2.22 bits per heavy atom. The summed E-state index contributed by atoms with van der Waals surface area (Å²) in [7, 11) is 0. The molecule has 0 bridgehead atoms. The van der Waals surface area contributed by atoms with Crippen LogP contribution in [0.4, 0.5) is 4.79 Å². The zero-order valence-corrected chi connectivity index (χ0v) is 5.98. The van der Waals surface area contributed by atoms with Crippen LogP contribution in [0.3, 0.4) is 0 Å². The third-order valence-electron chi connectivity index (χ3n) is 1.02. The molecular weight excluding hydrogens is 116 g/mol. The first kappa shape index (κ1) is 8.27. The van der Waals surface area contributed by atoms with Crippen LogP contribution < -0.4 is 11.1 Å². The van der Waals surface area contributed by atoms with Gasteiger partial charge in [-0.05, 0) is 12.3 Å². The summed E-state index contributed by atoms with van der Waals surface area (Å²) in [5.41, 5.74) is 4.83. The molecule has 9 heavy (non-hydrogen) atoms. The predicted octanol–water partition coefficient (Wildman–Crippen LogP) is 0.701. The Morgan fingerprint density at radius 3 is 2.56 bits per heavy atom. The normalized spacial score (nSPS) is 9.67. The van der Waals surface area contributed by atoms with E-state index >= 15 is 0 Å². The Morgan fingerprint density at radius 1 is 1.67 bits per heavy atom. The monoisotopic (exact) mass is 130 g/mol. The van der Waals surface area contributed by atoms with E-state index in [2.05, 4.69) is 19.2 Å². The van der Waals surface area contributed by atoms with E-state index in [-0.39, 0.29) is 0 Å². The summed E-state index contributed by atoms with van der Waals surface area (Å²) >= 11 is 0. The lowest BCUT2D eigenvalue weighted by Gasteiger charge is -2.03. The van der Waals surface area contributed by atoms with Crippen molar-refractivity contribution in [3.05, 3.63) is 0 Å². The predicted molar refractivity (Wildman–Crippen MR) is 37.0 cm³/mol. The van der Waals surface area contributed by atoms with Crippen molar-refractivity contribution in [2.24, 2.45) is 11.7 Å². The zero-order valence-electron chi connectivity index (χ0n) is 5.98. The molecule has 0 aromatic carbocycles. The molecule has 3 N–H and O–H groups in total. The van der Waals surface area contributed by atoms with Gasteiger partial charge >= 0.3 is 6.03 Å². The molecule has 3 nitrogen and oxygen atoms in total. The molecule has 54 valence electrons. The molecule has 0 spiro atoms. The average Bonchev–Trinajstić information content (AvgIpc) is 1.63. The second-order valence-electron chi connectivity index (χ2n) is 2.47. The SMILES string of the molecule is CC(C)CCNC(N)=O. The smallest absolute Gasteiger partial charge is 0.312 e. The minimum atomic E-state index is -0.435. The summed E-state index contributed by atoms with van der Waals surface area (Å²) in [6, 6.07) is -0.435. The molecule has 0 heterocycles. The second-order valence-corrected chi connectivity index (χ2v) is 2.47. The van der Waals surface area contributed by atoms with Gasteiger partial charge < -0.3 is 11.1 Å². The highest BCUT2D eigenvalue weighted by molar-refractivity contribution is 5.71. The number of amides is 2. The van der Waals surface area contributed by atoms with Crippen LogP contribution in [0.15, 0.2) is 0 Å². The number of rotatable bonds is 3. The highest BCUT2D eigenvalue weighted by Crippen LogP contribution is 1.95. The number of nitrogens with two attached hydrogens (primary N) is 1. The van der Waals surface area contributed by atoms with Crippen molar-refractivity contribution in [1.82, 2.24) is 5.32 Å². The molecule has 0 fully saturated rings. The maximum Gasteiger partial charge on any atom is 0.312 e. The number of primary amides is 1. The lowest BCUT2D eigenvalue weighted by molar-refractivity contribution is 0.248. The number of hydrogen-bond donors (Lipinski definition) is 2. The third-order valence-corrected chi connectivity index (χ3v) is 1.02. The highest BCUT2D eigenvalue weighted by atomic mass is 16.2. The maximum absolute atomic E-state index is 10.1. The van der Waals surface area contributed by atoms with Crippen LogP contribution in [0.1, 0.15) is 20.3 Å². The Hall–Kier alpha value is -0.730. The zero-order chi connectivity index (χ0) is 7.28. The molecule has 0 rings (SSSR count). The van der Waals surface area contributed by atoms with E-state index in [9.17, 15) is 4.79 Å². The Labute approximate surface area is 55.6 Å². The van der Waals surface area contributed by atoms with Crippen molar-refractivity contribution in [2.45, 2.75) is 20.3 Å². The number of urea groups is 1. The lowest BCUT2D eigenvalue weighted by Crippen LogP contribution is -2.30. The number of carbonyl (C=O) groups is 1. The number of carbonyl (C=O) groups excluding carboxylic acids is 1. The molecule has 0 unspecified atom stereocenters. The molecule has 0 radical (unpaired) electrons. The fraction of sp³-hybridized carbons (Fsp3) is 0.833. The third kappa shape index (κ3) is 7.27. The van der Waals surface area contributed by atoms with E-state index in [0.29, 0.717) is 12.5 Å². The van der Waals surface area contributed by atoms with Crippen molar-refractivity contribution < 1.29 is 4.79 Å². The summed E-state index contributed by atoms with van der Waals surface area (Å²) in [6.07, 6.45) is 0.989. The summed E-state index contributed by atoms with van der Waals surface area (Å²) in [5, 5.41) is 2.52. The van der Waals surface area contributed by atoms with Gasteiger partial charge in [0.25, 0.3) is 0 Å². The van der Waals surface area contributed by atoms with E-state index in [4.69, 9.17) is 5.73 Å². The minimum Gasteiger partial charge on any atom is -0.352 e. The second kappa shape index (κ2) is 4.18. The molecule has 0 aromatic rings. The maximum atomic E-state index is 10.1. The van der Waals surface area contributed by atoms with Crippen molar-refractivity contribution in [2.75, 3.05) is 6.54 Å². The topological polar surface area (TPSA) is 55.1 Å². The number of hydrogen-bond acceptors (Lipinski definition) is 1. The molecule has 0 aliphatic heterocycles. The molecule has 0 aliphatic carbocycles. The highest BCUT2D eigenvalue weighted by Gasteiger charge is 1.93. The van der Waals surface area contributed by atoms with Gasteiger partial charge in [-0.2, -0.15) is 0 Å². The quantitative estimate of drug-likeness (QED) is 0.580. The first-order valence-electron chi connectivity index (χ1n) is 3.16. The molecule has 3 heteroatoms. The molecule has 0 aliphatic rings. The summed E-state index contributed by atoms with van der Waals surface area (Å²) in [6.45, 7) is 4.89. The summed E-state index contributed by atoms with van der Waals surface area (Å²) < 4.78 is 0. The van der Waals surface area contributed by atoms with Gasteiger partial charge in [0.05, 0.1) is 0 Å². The molecule has 2 amide bonds. The minimum absolute atomic E-state index is 0.435. The van der Waals surface area contributed by atoms with Gasteiger partial charge in [-0.25, -0.2) is 4.79 Å². The molecule has 0 atom stereocenters. The fourth-order valence-electron chi connectivity index (χ4n) is 0.484. The van der Waals surface area contributed by atoms with Crippen molar-refractivity contribution in [1.29, 1.82) is 0 Å². The Kier molecular flexibility index (Phi) is 3.84.